The molecule has 0 spiro atoms. The number of hydrogen-bond acceptors (Lipinski definition) is 6. The van der Waals surface area contributed by atoms with E-state index >= 15 is 0 Å². The van der Waals surface area contributed by atoms with Crippen LogP contribution in [0.4, 0.5) is 5.95 Å². The van der Waals surface area contributed by atoms with E-state index in [1.165, 1.54) is 0 Å². The van der Waals surface area contributed by atoms with Crippen LogP contribution in [0.5, 0.6) is 5.75 Å². The molecule has 0 aliphatic rings. The molecule has 0 radical (unpaired) electrons. The summed E-state index contributed by atoms with van der Waals surface area (Å²) in [5, 5.41) is 5.99. The van der Waals surface area contributed by atoms with Gasteiger partial charge in [0.1, 0.15) is 11.4 Å². The second kappa shape index (κ2) is 9.58. The molecule has 0 atom stereocenters. The molecular formula is C18H25N5O2. The zero-order valence-corrected chi connectivity index (χ0v) is 15.0. The van der Waals surface area contributed by atoms with Gasteiger partial charge in [0.05, 0.1) is 7.11 Å². The molecule has 7 nitrogen and oxygen atoms in total. The molecule has 134 valence electrons. The molecule has 0 aliphatic heterocycles. The molecule has 1 aromatic carbocycles. The maximum absolute atomic E-state index is 12.3. The van der Waals surface area contributed by atoms with Gasteiger partial charge >= 0.3 is 0 Å². The first kappa shape index (κ1) is 18.7. The van der Waals surface area contributed by atoms with Crippen LogP contribution < -0.4 is 15.4 Å². The van der Waals surface area contributed by atoms with E-state index in [-0.39, 0.29) is 5.91 Å². The Kier molecular flexibility index (Phi) is 7.16. The normalized spacial score (nSPS) is 10.6. The highest BCUT2D eigenvalue weighted by Crippen LogP contribution is 2.16. The van der Waals surface area contributed by atoms with E-state index in [0.717, 1.165) is 30.8 Å². The summed E-state index contributed by atoms with van der Waals surface area (Å²) in [5.74, 6) is 0.960. The summed E-state index contributed by atoms with van der Waals surface area (Å²) < 4.78 is 5.28. The van der Waals surface area contributed by atoms with Gasteiger partial charge in [0, 0.05) is 24.8 Å². The number of aromatic nitrogens is 2. The van der Waals surface area contributed by atoms with E-state index in [4.69, 9.17) is 4.74 Å². The Morgan fingerprint density at radius 3 is 2.80 bits per heavy atom. The fourth-order valence-corrected chi connectivity index (χ4v) is 2.28. The monoisotopic (exact) mass is 343 g/mol. The highest BCUT2D eigenvalue weighted by Gasteiger charge is 2.10. The molecular weight excluding hydrogens is 318 g/mol. The van der Waals surface area contributed by atoms with Gasteiger partial charge in [-0.3, -0.25) is 4.79 Å². The highest BCUT2D eigenvalue weighted by atomic mass is 16.5. The Bertz CT molecular complexity index is 691. The Hall–Kier alpha value is -2.67. The first-order valence-electron chi connectivity index (χ1n) is 8.22. The van der Waals surface area contributed by atoms with Crippen LogP contribution in [-0.2, 0) is 6.54 Å². The van der Waals surface area contributed by atoms with Crippen LogP contribution in [0.15, 0.2) is 36.5 Å². The molecule has 0 saturated carbocycles. The van der Waals surface area contributed by atoms with Gasteiger partial charge in [0.25, 0.3) is 5.91 Å². The molecule has 1 aromatic heterocycles. The van der Waals surface area contributed by atoms with E-state index < -0.39 is 0 Å². The minimum atomic E-state index is -0.246. The van der Waals surface area contributed by atoms with Crippen molar-refractivity contribution < 1.29 is 9.53 Å². The van der Waals surface area contributed by atoms with Gasteiger partial charge in [-0.05, 0) is 39.2 Å². The van der Waals surface area contributed by atoms with Gasteiger partial charge in [0.2, 0.25) is 5.95 Å². The molecule has 25 heavy (non-hydrogen) atoms. The van der Waals surface area contributed by atoms with E-state index in [2.05, 4.69) is 25.5 Å². The Labute approximate surface area is 148 Å². The number of methoxy groups -OCH3 is 1. The first-order chi connectivity index (χ1) is 12.1. The maximum atomic E-state index is 12.3. The maximum Gasteiger partial charge on any atom is 0.270 e. The number of amides is 1. The lowest BCUT2D eigenvalue weighted by Crippen LogP contribution is -2.24. The number of nitrogens with zero attached hydrogens (tertiary/aromatic N) is 3. The largest absolute Gasteiger partial charge is 0.496 e. The van der Waals surface area contributed by atoms with Gasteiger partial charge in [-0.1, -0.05) is 18.2 Å². The molecule has 1 amide bonds. The third-order valence-electron chi connectivity index (χ3n) is 3.59. The SMILES string of the molecule is COc1ccccc1CNC(=O)c1ccnc(NCCCN(C)C)n1. The van der Waals surface area contributed by atoms with Gasteiger partial charge in [-0.2, -0.15) is 0 Å². The van der Waals surface area contributed by atoms with Gasteiger partial charge in [-0.15, -0.1) is 0 Å². The number of benzene rings is 1. The molecule has 2 aromatic rings. The van der Waals surface area contributed by atoms with Crippen molar-refractivity contribution in [1.82, 2.24) is 20.2 Å². The van der Waals surface area contributed by atoms with Gasteiger partial charge in [-0.25, -0.2) is 9.97 Å². The lowest BCUT2D eigenvalue weighted by atomic mass is 10.2. The molecule has 0 fully saturated rings. The van der Waals surface area contributed by atoms with Crippen LogP contribution in [0.25, 0.3) is 0 Å². The van der Waals surface area contributed by atoms with Crippen molar-refractivity contribution in [1.29, 1.82) is 0 Å². The lowest BCUT2D eigenvalue weighted by molar-refractivity contribution is 0.0945. The number of carbonyl (C=O) groups excluding carboxylic acids is 1. The quantitative estimate of drug-likeness (QED) is 0.676. The predicted molar refractivity (Wildman–Crippen MR) is 97.9 cm³/mol. The summed E-state index contributed by atoms with van der Waals surface area (Å²) in [7, 11) is 5.67. The third kappa shape index (κ3) is 6.04. The Morgan fingerprint density at radius 2 is 2.04 bits per heavy atom. The Morgan fingerprint density at radius 1 is 1.24 bits per heavy atom. The molecule has 2 rings (SSSR count). The van der Waals surface area contributed by atoms with Crippen molar-refractivity contribution in [3.8, 4) is 5.75 Å². The second-order valence-electron chi connectivity index (χ2n) is 5.84. The van der Waals surface area contributed by atoms with Crippen molar-refractivity contribution in [2.75, 3.05) is 39.6 Å². The summed E-state index contributed by atoms with van der Waals surface area (Å²) in [4.78, 5) is 22.8. The summed E-state index contributed by atoms with van der Waals surface area (Å²) in [6.45, 7) is 2.11. The molecule has 1 heterocycles. The highest BCUT2D eigenvalue weighted by molar-refractivity contribution is 5.92. The van der Waals surface area contributed by atoms with Gasteiger partial charge < -0.3 is 20.3 Å². The standard InChI is InChI=1S/C18H25N5O2/c1-23(2)12-6-10-19-18-20-11-9-15(22-18)17(24)21-13-14-7-4-5-8-16(14)25-3/h4-5,7-9,11H,6,10,12-13H2,1-3H3,(H,21,24)(H,19,20,22). The van der Waals surface area contributed by atoms with Crippen molar-refractivity contribution in [2.45, 2.75) is 13.0 Å². The van der Waals surface area contributed by atoms with E-state index in [0.29, 0.717) is 18.2 Å². The summed E-state index contributed by atoms with van der Waals surface area (Å²) in [5.41, 5.74) is 1.24. The molecule has 2 N–H and O–H groups in total. The fraction of sp³-hybridized carbons (Fsp3) is 0.389. The number of anilines is 1. The number of hydrogen-bond donors (Lipinski definition) is 2. The zero-order valence-electron chi connectivity index (χ0n) is 15.0. The third-order valence-corrected chi connectivity index (χ3v) is 3.59. The molecule has 0 unspecified atom stereocenters. The topological polar surface area (TPSA) is 79.4 Å². The van der Waals surface area contributed by atoms with Crippen LogP contribution >= 0.6 is 0 Å². The summed E-state index contributed by atoms with van der Waals surface area (Å²) in [6.07, 6.45) is 2.56. The second-order valence-corrected chi connectivity index (χ2v) is 5.84. The van der Waals surface area contributed by atoms with Gasteiger partial charge in [0.15, 0.2) is 0 Å². The van der Waals surface area contributed by atoms with E-state index in [9.17, 15) is 4.79 Å². The lowest BCUT2D eigenvalue weighted by Gasteiger charge is -2.11. The van der Waals surface area contributed by atoms with E-state index in [1.54, 1.807) is 19.4 Å². The number of ether oxygens (including phenoxy) is 1. The van der Waals surface area contributed by atoms with Crippen LogP contribution in [-0.4, -0.2) is 55.1 Å². The van der Waals surface area contributed by atoms with Crippen molar-refractivity contribution in [3.63, 3.8) is 0 Å². The summed E-state index contributed by atoms with van der Waals surface area (Å²) in [6, 6.07) is 9.18. The smallest absolute Gasteiger partial charge is 0.270 e. The zero-order chi connectivity index (χ0) is 18.1. The summed E-state index contributed by atoms with van der Waals surface area (Å²) >= 11 is 0. The van der Waals surface area contributed by atoms with Crippen LogP contribution in [0.3, 0.4) is 0 Å². The number of para-hydroxylation sites is 1. The minimum absolute atomic E-state index is 0.246. The van der Waals surface area contributed by atoms with Crippen LogP contribution in [0.2, 0.25) is 0 Å². The van der Waals surface area contributed by atoms with Crippen molar-refractivity contribution in [2.24, 2.45) is 0 Å². The van der Waals surface area contributed by atoms with Crippen LogP contribution in [0.1, 0.15) is 22.5 Å². The first-order valence-corrected chi connectivity index (χ1v) is 8.22. The fourth-order valence-electron chi connectivity index (χ4n) is 2.28. The predicted octanol–water partition coefficient (Wildman–Crippen LogP) is 1.78. The average molecular weight is 343 g/mol. The number of nitrogens with one attached hydrogen (secondary N) is 2. The number of rotatable bonds is 9. The molecule has 0 bridgehead atoms. The Balaban J connectivity index is 1.90. The van der Waals surface area contributed by atoms with Crippen molar-refractivity contribution in [3.05, 3.63) is 47.8 Å². The molecule has 7 heteroatoms. The van der Waals surface area contributed by atoms with E-state index in [1.807, 2.05) is 38.4 Å². The average Bonchev–Trinajstić information content (AvgIpc) is 2.63. The molecule has 0 aliphatic carbocycles. The van der Waals surface area contributed by atoms with Crippen molar-refractivity contribution >= 4 is 11.9 Å². The minimum Gasteiger partial charge on any atom is -0.496 e. The number of carbonyl (C=O) groups is 1. The molecule has 0 saturated heterocycles. The van der Waals surface area contributed by atoms with Crippen LogP contribution in [0, 0.1) is 0 Å².